The van der Waals surface area contributed by atoms with E-state index >= 15 is 0 Å². The summed E-state index contributed by atoms with van der Waals surface area (Å²) in [6, 6.07) is -0.571. The summed E-state index contributed by atoms with van der Waals surface area (Å²) in [6.07, 6.45) is 2.61. The first-order valence-corrected chi connectivity index (χ1v) is 7.62. The molecule has 0 spiro atoms. The zero-order valence-corrected chi connectivity index (χ0v) is 11.6. The molecule has 0 aromatic heterocycles. The van der Waals surface area contributed by atoms with Crippen LogP contribution in [0.2, 0.25) is 0 Å². The Kier molecular flexibility index (Phi) is 7.12. The Morgan fingerprint density at radius 2 is 2.33 bits per heavy atom. The largest absolute Gasteiger partial charge is 0.480 e. The van der Waals surface area contributed by atoms with E-state index in [1.54, 1.807) is 0 Å². The van der Waals surface area contributed by atoms with Gasteiger partial charge in [-0.05, 0) is 6.42 Å². The maximum absolute atomic E-state index is 11.8. The second-order valence-electron chi connectivity index (χ2n) is 4.53. The minimum Gasteiger partial charge on any atom is -0.480 e. The molecule has 1 amide bonds. The third-order valence-corrected chi connectivity index (χ3v) is 4.04. The highest BCUT2D eigenvalue weighted by molar-refractivity contribution is 7.99. The second-order valence-corrected chi connectivity index (χ2v) is 5.68. The summed E-state index contributed by atoms with van der Waals surface area (Å²) < 4.78 is 0. The van der Waals surface area contributed by atoms with Crippen LogP contribution in [0.5, 0.6) is 0 Å². The molecule has 18 heavy (non-hydrogen) atoms. The number of carbonyl (C=O) groups is 2. The Hall–Kier alpha value is -0.750. The number of amides is 1. The van der Waals surface area contributed by atoms with Crippen molar-refractivity contribution in [2.75, 3.05) is 18.1 Å². The zero-order chi connectivity index (χ0) is 13.4. The molecule has 0 radical (unpaired) electrons. The van der Waals surface area contributed by atoms with E-state index < -0.39 is 12.0 Å². The maximum Gasteiger partial charge on any atom is 0.326 e. The van der Waals surface area contributed by atoms with Gasteiger partial charge in [-0.3, -0.25) is 4.79 Å². The molecule has 6 heteroatoms. The molecule has 0 saturated carbocycles. The Morgan fingerprint density at radius 3 is 2.89 bits per heavy atom. The molecule has 1 aliphatic rings. The number of thioether (sulfide) groups is 1. The quantitative estimate of drug-likeness (QED) is 0.641. The predicted molar refractivity (Wildman–Crippen MR) is 72.8 cm³/mol. The van der Waals surface area contributed by atoms with Crippen molar-refractivity contribution < 1.29 is 14.7 Å². The fourth-order valence-electron chi connectivity index (χ4n) is 1.89. The molecule has 1 aliphatic heterocycles. The molecule has 1 heterocycles. The number of hydrogen-bond donors (Lipinski definition) is 3. The molecule has 0 aromatic rings. The minimum absolute atomic E-state index is 0.168. The van der Waals surface area contributed by atoms with Crippen LogP contribution in [-0.2, 0) is 9.59 Å². The van der Waals surface area contributed by atoms with Gasteiger partial charge in [0, 0.05) is 30.5 Å². The Morgan fingerprint density at radius 1 is 1.56 bits per heavy atom. The van der Waals surface area contributed by atoms with Gasteiger partial charge in [0.05, 0.1) is 0 Å². The van der Waals surface area contributed by atoms with E-state index in [0.29, 0.717) is 12.8 Å². The van der Waals surface area contributed by atoms with Crippen LogP contribution >= 0.6 is 11.8 Å². The van der Waals surface area contributed by atoms with E-state index in [4.69, 9.17) is 5.11 Å². The molecule has 1 rings (SSSR count). The van der Waals surface area contributed by atoms with Crippen molar-refractivity contribution in [3.05, 3.63) is 0 Å². The van der Waals surface area contributed by atoms with Crippen molar-refractivity contribution >= 4 is 23.6 Å². The summed E-state index contributed by atoms with van der Waals surface area (Å²) in [4.78, 5) is 22.8. The van der Waals surface area contributed by atoms with Crippen LogP contribution in [-0.4, -0.2) is 47.1 Å². The van der Waals surface area contributed by atoms with Crippen LogP contribution in [0.1, 0.15) is 32.6 Å². The Bertz CT molecular complexity index is 280. The molecular formula is C12H22N2O3S. The number of carbonyl (C=O) groups excluding carboxylic acids is 1. The highest BCUT2D eigenvalue weighted by Gasteiger charge is 2.22. The molecule has 2 atom stereocenters. The van der Waals surface area contributed by atoms with Crippen LogP contribution in [0.3, 0.4) is 0 Å². The van der Waals surface area contributed by atoms with E-state index in [9.17, 15) is 9.59 Å². The third-order valence-electron chi connectivity index (χ3n) is 2.91. The number of nitrogens with one attached hydrogen (secondary N) is 2. The molecule has 0 aliphatic carbocycles. The van der Waals surface area contributed by atoms with Crippen molar-refractivity contribution in [2.24, 2.45) is 0 Å². The highest BCUT2D eigenvalue weighted by Crippen LogP contribution is 2.10. The summed E-state index contributed by atoms with van der Waals surface area (Å²) in [5.74, 6) is 0.883. The van der Waals surface area contributed by atoms with Gasteiger partial charge in [-0.25, -0.2) is 4.79 Å². The van der Waals surface area contributed by atoms with Crippen molar-refractivity contribution in [1.29, 1.82) is 0 Å². The fraction of sp³-hybridized carbons (Fsp3) is 0.833. The topological polar surface area (TPSA) is 78.4 Å². The van der Waals surface area contributed by atoms with Gasteiger partial charge in [0.1, 0.15) is 6.04 Å². The summed E-state index contributed by atoms with van der Waals surface area (Å²) in [5, 5.41) is 14.9. The molecule has 1 saturated heterocycles. The summed E-state index contributed by atoms with van der Waals surface area (Å²) in [5.41, 5.74) is 0. The lowest BCUT2D eigenvalue weighted by molar-refractivity contribution is -0.142. The summed E-state index contributed by atoms with van der Waals surface area (Å²) in [6.45, 7) is 2.92. The first-order valence-electron chi connectivity index (χ1n) is 6.46. The van der Waals surface area contributed by atoms with E-state index in [1.807, 2.05) is 18.7 Å². The average Bonchev–Trinajstić information content (AvgIpc) is 2.35. The van der Waals surface area contributed by atoms with Gasteiger partial charge in [-0.1, -0.05) is 19.8 Å². The highest BCUT2D eigenvalue weighted by atomic mass is 32.2. The molecule has 5 nitrogen and oxygen atoms in total. The summed E-state index contributed by atoms with van der Waals surface area (Å²) >= 11 is 1.83. The van der Waals surface area contributed by atoms with Crippen LogP contribution in [0.4, 0.5) is 0 Å². The van der Waals surface area contributed by atoms with Gasteiger partial charge >= 0.3 is 5.97 Å². The van der Waals surface area contributed by atoms with E-state index in [1.165, 1.54) is 0 Å². The van der Waals surface area contributed by atoms with Crippen LogP contribution < -0.4 is 10.6 Å². The normalized spacial score (nSPS) is 21.3. The SMILES string of the molecule is CCCCC(NC(=O)CC1CSCCN1)C(=O)O. The van der Waals surface area contributed by atoms with Gasteiger partial charge in [0.15, 0.2) is 0 Å². The number of carboxylic acid groups (broad SMARTS) is 1. The van der Waals surface area contributed by atoms with Gasteiger partial charge in [0.2, 0.25) is 5.91 Å². The minimum atomic E-state index is -0.942. The van der Waals surface area contributed by atoms with Crippen molar-refractivity contribution in [3.63, 3.8) is 0 Å². The van der Waals surface area contributed by atoms with Gasteiger partial charge in [0.25, 0.3) is 0 Å². The van der Waals surface area contributed by atoms with Crippen LogP contribution in [0.15, 0.2) is 0 Å². The van der Waals surface area contributed by atoms with Gasteiger partial charge in [-0.15, -0.1) is 0 Å². The lowest BCUT2D eigenvalue weighted by atomic mass is 10.1. The Balaban J connectivity index is 2.32. The number of carboxylic acids is 1. The maximum atomic E-state index is 11.8. The zero-order valence-electron chi connectivity index (χ0n) is 10.8. The number of rotatable bonds is 7. The average molecular weight is 274 g/mol. The van der Waals surface area contributed by atoms with Crippen molar-refractivity contribution in [1.82, 2.24) is 10.6 Å². The molecule has 0 bridgehead atoms. The molecule has 1 fully saturated rings. The molecule has 104 valence electrons. The fourth-order valence-corrected chi connectivity index (χ4v) is 2.84. The number of aliphatic carboxylic acids is 1. The van der Waals surface area contributed by atoms with Crippen LogP contribution in [0.25, 0.3) is 0 Å². The monoisotopic (exact) mass is 274 g/mol. The molecule has 3 N–H and O–H groups in total. The van der Waals surface area contributed by atoms with Crippen molar-refractivity contribution in [3.8, 4) is 0 Å². The third kappa shape index (κ3) is 5.73. The predicted octanol–water partition coefficient (Wildman–Crippen LogP) is 0.841. The molecule has 2 unspecified atom stereocenters. The first kappa shape index (κ1) is 15.3. The number of hydrogen-bond acceptors (Lipinski definition) is 4. The lowest BCUT2D eigenvalue weighted by Gasteiger charge is -2.23. The van der Waals surface area contributed by atoms with Gasteiger partial charge in [-0.2, -0.15) is 11.8 Å². The smallest absolute Gasteiger partial charge is 0.326 e. The van der Waals surface area contributed by atoms with Crippen LogP contribution in [0, 0.1) is 0 Å². The Labute approximate surface area is 112 Å². The molecular weight excluding hydrogens is 252 g/mol. The van der Waals surface area contributed by atoms with E-state index in [2.05, 4.69) is 10.6 Å². The summed E-state index contributed by atoms with van der Waals surface area (Å²) in [7, 11) is 0. The van der Waals surface area contributed by atoms with Gasteiger partial charge < -0.3 is 15.7 Å². The molecule has 0 aromatic carbocycles. The van der Waals surface area contributed by atoms with Crippen molar-refractivity contribution in [2.45, 2.75) is 44.7 Å². The van der Waals surface area contributed by atoms with E-state index in [0.717, 1.165) is 30.9 Å². The number of unbranched alkanes of at least 4 members (excludes halogenated alkanes) is 1. The first-order chi connectivity index (χ1) is 8.63. The standard InChI is InChI=1S/C12H22N2O3S/c1-2-3-4-10(12(16)17)14-11(15)7-9-8-18-6-5-13-9/h9-10,13H,2-8H2,1H3,(H,14,15)(H,16,17). The second kappa shape index (κ2) is 8.37. The van der Waals surface area contributed by atoms with E-state index in [-0.39, 0.29) is 11.9 Å². The lowest BCUT2D eigenvalue weighted by Crippen LogP contribution is -2.45.